The number of nitrogens with one attached hydrogen (secondary N) is 3. The van der Waals surface area contributed by atoms with Gasteiger partial charge in [0.2, 0.25) is 0 Å². The largest absolute Gasteiger partial charge is 0.347 e. The lowest BCUT2D eigenvalue weighted by Gasteiger charge is -2.10. The molecule has 132 valence electrons. The molecule has 1 aromatic carbocycles. The van der Waals surface area contributed by atoms with Crippen molar-refractivity contribution in [3.63, 3.8) is 0 Å². The van der Waals surface area contributed by atoms with Crippen LogP contribution in [0.15, 0.2) is 54.9 Å². The zero-order valence-corrected chi connectivity index (χ0v) is 14.3. The second-order valence-corrected chi connectivity index (χ2v) is 5.59. The zero-order chi connectivity index (χ0) is 18.4. The summed E-state index contributed by atoms with van der Waals surface area (Å²) >= 11 is 0. The number of urea groups is 1. The first kappa shape index (κ1) is 17.3. The Bertz CT molecular complexity index is 928. The van der Waals surface area contributed by atoms with Crippen LogP contribution in [0.3, 0.4) is 0 Å². The maximum absolute atomic E-state index is 12.1. The molecule has 0 fully saturated rings. The van der Waals surface area contributed by atoms with Gasteiger partial charge in [-0.15, -0.1) is 0 Å². The normalized spacial score (nSPS) is 10.3. The van der Waals surface area contributed by atoms with Gasteiger partial charge >= 0.3 is 6.03 Å². The highest BCUT2D eigenvalue weighted by atomic mass is 16.2. The van der Waals surface area contributed by atoms with Crippen molar-refractivity contribution >= 4 is 28.5 Å². The molecule has 3 amide bonds. The number of carbonyl (C=O) groups excluding carboxylic acids is 2. The van der Waals surface area contributed by atoms with Gasteiger partial charge in [-0.3, -0.25) is 15.1 Å². The summed E-state index contributed by atoms with van der Waals surface area (Å²) in [6.07, 6.45) is 3.28. The Morgan fingerprint density at radius 2 is 1.92 bits per heavy atom. The molecular weight excluding hydrogens is 330 g/mol. The average Bonchev–Trinajstić information content (AvgIpc) is 2.66. The maximum Gasteiger partial charge on any atom is 0.320 e. The highest BCUT2D eigenvalue weighted by Crippen LogP contribution is 2.20. The minimum atomic E-state index is -0.293. The highest BCUT2D eigenvalue weighted by molar-refractivity contribution is 5.94. The SMILES string of the molecule is CCNC(=O)Nc1cc2cccc(CNC(=O)c3ccccn3)c2cn1. The summed E-state index contributed by atoms with van der Waals surface area (Å²) in [5.74, 6) is 0.239. The van der Waals surface area contributed by atoms with Crippen LogP contribution in [0.4, 0.5) is 10.6 Å². The molecule has 26 heavy (non-hydrogen) atoms. The van der Waals surface area contributed by atoms with E-state index in [1.807, 2.05) is 25.1 Å². The van der Waals surface area contributed by atoms with Crippen LogP contribution in [0.25, 0.3) is 10.8 Å². The van der Waals surface area contributed by atoms with Crippen molar-refractivity contribution in [1.82, 2.24) is 20.6 Å². The van der Waals surface area contributed by atoms with Crippen molar-refractivity contribution in [2.45, 2.75) is 13.5 Å². The number of benzene rings is 1. The van der Waals surface area contributed by atoms with Crippen LogP contribution in [-0.4, -0.2) is 28.5 Å². The van der Waals surface area contributed by atoms with E-state index in [1.54, 1.807) is 36.7 Å². The molecule has 0 saturated heterocycles. The molecule has 0 radical (unpaired) electrons. The van der Waals surface area contributed by atoms with Crippen LogP contribution in [-0.2, 0) is 6.54 Å². The first-order valence-electron chi connectivity index (χ1n) is 8.29. The smallest absolute Gasteiger partial charge is 0.320 e. The van der Waals surface area contributed by atoms with E-state index in [0.29, 0.717) is 24.6 Å². The summed E-state index contributed by atoms with van der Waals surface area (Å²) in [6, 6.07) is 12.5. The number of rotatable bonds is 5. The van der Waals surface area contributed by atoms with Crippen LogP contribution in [0.1, 0.15) is 23.0 Å². The highest BCUT2D eigenvalue weighted by Gasteiger charge is 2.09. The Hall–Kier alpha value is -3.48. The van der Waals surface area contributed by atoms with Crippen LogP contribution in [0, 0.1) is 0 Å². The number of carbonyl (C=O) groups is 2. The standard InChI is InChI=1S/C19H19N5O2/c1-2-20-19(26)24-17-10-13-6-5-7-14(15(13)12-22-17)11-23-18(25)16-8-3-4-9-21-16/h3-10,12H,2,11H2,1H3,(H,23,25)(H2,20,22,24,26). The number of aromatic nitrogens is 2. The van der Waals surface area contributed by atoms with Gasteiger partial charge in [-0.1, -0.05) is 24.3 Å². The fraction of sp³-hybridized carbons (Fsp3) is 0.158. The quantitative estimate of drug-likeness (QED) is 0.660. The van der Waals surface area contributed by atoms with Gasteiger partial charge < -0.3 is 10.6 Å². The van der Waals surface area contributed by atoms with E-state index in [4.69, 9.17) is 0 Å². The molecule has 2 heterocycles. The fourth-order valence-electron chi connectivity index (χ4n) is 2.54. The van der Waals surface area contributed by atoms with Crippen molar-refractivity contribution in [2.24, 2.45) is 0 Å². The molecule has 2 aromatic heterocycles. The third-order valence-electron chi connectivity index (χ3n) is 3.77. The maximum atomic E-state index is 12.1. The van der Waals surface area contributed by atoms with Crippen molar-refractivity contribution in [2.75, 3.05) is 11.9 Å². The summed E-state index contributed by atoms with van der Waals surface area (Å²) < 4.78 is 0. The Morgan fingerprint density at radius 1 is 1.04 bits per heavy atom. The summed E-state index contributed by atoms with van der Waals surface area (Å²) in [4.78, 5) is 32.1. The Balaban J connectivity index is 1.75. The van der Waals surface area contributed by atoms with E-state index < -0.39 is 0 Å². The second-order valence-electron chi connectivity index (χ2n) is 5.59. The van der Waals surface area contributed by atoms with Crippen LogP contribution < -0.4 is 16.0 Å². The number of pyridine rings is 2. The molecule has 0 saturated carbocycles. The lowest BCUT2D eigenvalue weighted by molar-refractivity contribution is 0.0946. The molecule has 7 nitrogen and oxygen atoms in total. The molecular formula is C19H19N5O2. The molecule has 0 aliphatic heterocycles. The number of hydrogen-bond donors (Lipinski definition) is 3. The molecule has 3 N–H and O–H groups in total. The van der Waals surface area contributed by atoms with Gasteiger partial charge in [-0.2, -0.15) is 0 Å². The predicted octanol–water partition coefficient (Wildman–Crippen LogP) is 2.70. The first-order chi connectivity index (χ1) is 12.7. The van der Waals surface area contributed by atoms with Gasteiger partial charge in [0.25, 0.3) is 5.91 Å². The van der Waals surface area contributed by atoms with E-state index in [0.717, 1.165) is 16.3 Å². The predicted molar refractivity (Wildman–Crippen MR) is 99.8 cm³/mol. The number of anilines is 1. The van der Waals surface area contributed by atoms with E-state index in [2.05, 4.69) is 25.9 Å². The molecule has 0 bridgehead atoms. The van der Waals surface area contributed by atoms with Gasteiger partial charge in [-0.05, 0) is 36.1 Å². The monoisotopic (exact) mass is 349 g/mol. The fourth-order valence-corrected chi connectivity index (χ4v) is 2.54. The third kappa shape index (κ3) is 4.13. The minimum Gasteiger partial charge on any atom is -0.347 e. The third-order valence-corrected chi connectivity index (χ3v) is 3.77. The van der Waals surface area contributed by atoms with E-state index in [-0.39, 0.29) is 11.9 Å². The van der Waals surface area contributed by atoms with Crippen molar-refractivity contribution in [3.8, 4) is 0 Å². The molecule has 0 aliphatic rings. The van der Waals surface area contributed by atoms with E-state index in [9.17, 15) is 9.59 Å². The first-order valence-corrected chi connectivity index (χ1v) is 8.29. The number of hydrogen-bond acceptors (Lipinski definition) is 4. The second kappa shape index (κ2) is 8.06. The van der Waals surface area contributed by atoms with E-state index >= 15 is 0 Å². The summed E-state index contributed by atoms with van der Waals surface area (Å²) in [5.41, 5.74) is 1.31. The molecule has 7 heteroatoms. The Kier molecular flexibility index (Phi) is 5.38. The molecule has 0 aliphatic carbocycles. The van der Waals surface area contributed by atoms with E-state index in [1.165, 1.54) is 0 Å². The lowest BCUT2D eigenvalue weighted by atomic mass is 10.1. The average molecular weight is 349 g/mol. The molecule has 3 aromatic rings. The van der Waals surface area contributed by atoms with Crippen molar-refractivity contribution < 1.29 is 9.59 Å². The zero-order valence-electron chi connectivity index (χ0n) is 14.3. The Labute approximate surface area is 150 Å². The van der Waals surface area contributed by atoms with Crippen molar-refractivity contribution in [1.29, 1.82) is 0 Å². The van der Waals surface area contributed by atoms with Crippen LogP contribution in [0.5, 0.6) is 0 Å². The summed E-state index contributed by atoms with van der Waals surface area (Å²) in [7, 11) is 0. The van der Waals surface area contributed by atoms with Crippen LogP contribution >= 0.6 is 0 Å². The molecule has 0 spiro atoms. The minimum absolute atomic E-state index is 0.231. The number of nitrogens with zero attached hydrogens (tertiary/aromatic N) is 2. The van der Waals surface area contributed by atoms with Gasteiger partial charge in [0, 0.05) is 30.9 Å². The topological polar surface area (TPSA) is 96.0 Å². The molecule has 0 atom stereocenters. The van der Waals surface area contributed by atoms with Gasteiger partial charge in [0.05, 0.1) is 0 Å². The number of fused-ring (bicyclic) bond motifs is 1. The summed E-state index contributed by atoms with van der Waals surface area (Å²) in [5, 5.41) is 10.0. The molecule has 0 unspecified atom stereocenters. The number of amides is 3. The van der Waals surface area contributed by atoms with Gasteiger partial charge in [-0.25, -0.2) is 9.78 Å². The summed E-state index contributed by atoms with van der Waals surface area (Å²) in [6.45, 7) is 2.75. The molecule has 3 rings (SSSR count). The lowest BCUT2D eigenvalue weighted by Crippen LogP contribution is -2.28. The van der Waals surface area contributed by atoms with Gasteiger partial charge in [0.1, 0.15) is 11.5 Å². The van der Waals surface area contributed by atoms with Crippen molar-refractivity contribution in [3.05, 3.63) is 66.1 Å². The van der Waals surface area contributed by atoms with Crippen LogP contribution in [0.2, 0.25) is 0 Å². The Morgan fingerprint density at radius 3 is 2.69 bits per heavy atom. The van der Waals surface area contributed by atoms with Gasteiger partial charge in [0.15, 0.2) is 0 Å².